The molecule has 2 unspecified atom stereocenters. The number of thioether (sulfide) groups is 1. The van der Waals surface area contributed by atoms with Crippen molar-refractivity contribution in [2.75, 3.05) is 65.1 Å². The molecule has 3 heterocycles. The molecular formula is C78H102N13O18S+. The first-order valence-electron chi connectivity index (χ1n) is 36.6. The predicted octanol–water partition coefficient (Wildman–Crippen LogP) is 3.10. The highest BCUT2D eigenvalue weighted by atomic mass is 32.2. The molecule has 32 heteroatoms. The summed E-state index contributed by atoms with van der Waals surface area (Å²) in [7, 11) is 7.48. The monoisotopic (exact) mass is 1540 g/mol. The van der Waals surface area contributed by atoms with Gasteiger partial charge in [0.25, 0.3) is 5.91 Å². The first-order valence-corrected chi connectivity index (χ1v) is 37.6. The number of Topliss-reactive ketones (excluding diaryl/α,β-unsaturated/α-hetero) is 3. The minimum atomic E-state index is -1.81. The van der Waals surface area contributed by atoms with Crippen molar-refractivity contribution < 1.29 is 87.2 Å². The van der Waals surface area contributed by atoms with E-state index in [2.05, 4.69) is 36.6 Å². The van der Waals surface area contributed by atoms with Gasteiger partial charge in [0, 0.05) is 146 Å². The number of hydrogen-bond acceptors (Lipinski definition) is 19. The number of benzene rings is 4. The van der Waals surface area contributed by atoms with Crippen LogP contribution in [0, 0.1) is 35.5 Å². The zero-order chi connectivity index (χ0) is 81.1. The number of nitrogens with zero attached hydrogens (tertiary/aromatic N) is 4. The van der Waals surface area contributed by atoms with Gasteiger partial charge in [-0.3, -0.25) is 67.4 Å². The van der Waals surface area contributed by atoms with Crippen LogP contribution in [0.5, 0.6) is 0 Å². The minimum Gasteiger partial charge on any atom is -0.481 e. The third-order valence-electron chi connectivity index (χ3n) is 20.0. The van der Waals surface area contributed by atoms with E-state index in [1.54, 1.807) is 51.2 Å². The number of aliphatic imine (C=N–C) groups is 1. The third kappa shape index (κ3) is 22.4. The maximum absolute atomic E-state index is 14.9. The number of H-pyrrole nitrogens is 1. The summed E-state index contributed by atoms with van der Waals surface area (Å²) in [6.45, 7) is 8.62. The van der Waals surface area contributed by atoms with Crippen LogP contribution in [-0.4, -0.2) is 209 Å². The van der Waals surface area contributed by atoms with Gasteiger partial charge in [0.15, 0.2) is 23.3 Å². The van der Waals surface area contributed by atoms with E-state index in [4.69, 9.17) is 21.6 Å². The number of carbonyl (C=O) groups excluding carboxylic acids is 11. The Balaban J connectivity index is 1.04. The number of para-hydroxylation sites is 1. The maximum atomic E-state index is 14.9. The number of amides is 8. The number of guanidine groups is 1. The number of aromatic nitrogens is 1. The molecule has 1 saturated heterocycles. The number of nitrogens with two attached hydrogens (primary N) is 3. The van der Waals surface area contributed by atoms with Crippen molar-refractivity contribution >= 4 is 122 Å². The van der Waals surface area contributed by atoms with E-state index in [0.717, 1.165) is 27.7 Å². The normalized spacial score (nSPS) is 15.6. The number of primary amides is 1. The second kappa shape index (κ2) is 39.5. The lowest BCUT2D eigenvalue weighted by Gasteiger charge is -2.29. The average Bonchev–Trinajstić information content (AvgIpc) is 0.939. The summed E-state index contributed by atoms with van der Waals surface area (Å²) in [5.41, 5.74) is 20.8. The number of nitrogens with one attached hydrogen (secondary N) is 6. The zero-order valence-corrected chi connectivity index (χ0v) is 64.4. The number of carboxylic acid groups (broad SMARTS) is 2. The van der Waals surface area contributed by atoms with Gasteiger partial charge in [0.2, 0.25) is 46.7 Å². The number of aromatic amines is 1. The highest BCUT2D eigenvalue weighted by molar-refractivity contribution is 8.00. The highest BCUT2D eigenvalue weighted by Gasteiger charge is 2.42. The van der Waals surface area contributed by atoms with Crippen LogP contribution in [0.15, 0.2) is 94.5 Å². The molecule has 0 spiro atoms. The highest BCUT2D eigenvalue weighted by Crippen LogP contribution is 2.43. The van der Waals surface area contributed by atoms with E-state index in [1.807, 2.05) is 87.9 Å². The summed E-state index contributed by atoms with van der Waals surface area (Å²) in [5, 5.41) is 56.0. The van der Waals surface area contributed by atoms with Crippen molar-refractivity contribution in [3.05, 3.63) is 107 Å². The summed E-state index contributed by atoms with van der Waals surface area (Å²) in [5.74, 6) is -17.0. The number of aliphatic hydroxyl groups is 2. The molecule has 1 fully saturated rings. The van der Waals surface area contributed by atoms with Crippen LogP contribution >= 0.6 is 11.8 Å². The van der Waals surface area contributed by atoms with Gasteiger partial charge in [0.1, 0.15) is 37.5 Å². The van der Waals surface area contributed by atoms with E-state index in [0.29, 0.717) is 57.2 Å². The fraction of sp³-hybridized carbons (Fsp3) is 0.474. The van der Waals surface area contributed by atoms with Gasteiger partial charge >= 0.3 is 11.9 Å². The van der Waals surface area contributed by atoms with Crippen LogP contribution in [0.25, 0.3) is 44.3 Å². The molecule has 1 aliphatic carbocycles. The predicted molar refractivity (Wildman–Crippen MR) is 414 cm³/mol. The van der Waals surface area contributed by atoms with Crippen LogP contribution in [0.4, 0.5) is 5.69 Å². The number of hydrogen-bond donors (Lipinski definition) is 13. The minimum absolute atomic E-state index is 0.0198. The van der Waals surface area contributed by atoms with Gasteiger partial charge in [0.05, 0.1) is 54.0 Å². The first kappa shape index (κ1) is 86.4. The molecule has 16 N–H and O–H groups in total. The molecule has 3 aliphatic rings. The average molecular weight is 1540 g/mol. The summed E-state index contributed by atoms with van der Waals surface area (Å²) in [6, 6.07) is 16.0. The second-order valence-electron chi connectivity index (χ2n) is 28.6. The number of anilines is 1. The van der Waals surface area contributed by atoms with E-state index in [-0.39, 0.29) is 79.6 Å². The van der Waals surface area contributed by atoms with Crippen molar-refractivity contribution in [1.29, 1.82) is 0 Å². The number of carbonyl (C=O) groups is 13. The molecule has 8 amide bonds. The molecule has 3 aromatic carbocycles. The number of aromatic carboxylic acids is 1. The summed E-state index contributed by atoms with van der Waals surface area (Å²) in [6.07, 6.45) is -2.58. The van der Waals surface area contributed by atoms with Gasteiger partial charge in [-0.25, -0.2) is 9.37 Å². The number of aliphatic hydroxyl groups excluding tert-OH is 2. The Morgan fingerprint density at radius 3 is 2.03 bits per heavy atom. The molecule has 0 saturated carbocycles. The number of carboxylic acids is 2. The Hall–Kier alpha value is -10.9. The van der Waals surface area contributed by atoms with Crippen LogP contribution in [-0.2, 0) is 59.2 Å². The second-order valence-corrected chi connectivity index (χ2v) is 29.9. The molecule has 7 rings (SSSR count). The quantitative estimate of drug-likeness (QED) is 0.00654. The van der Waals surface area contributed by atoms with Gasteiger partial charge < -0.3 is 78.5 Å². The molecule has 110 heavy (non-hydrogen) atoms. The lowest BCUT2D eigenvalue weighted by atomic mass is 9.84. The van der Waals surface area contributed by atoms with E-state index in [1.165, 1.54) is 25.1 Å². The largest absolute Gasteiger partial charge is 0.481 e. The topological polar surface area (TPSA) is 492 Å². The van der Waals surface area contributed by atoms with Crippen LogP contribution in [0.3, 0.4) is 0 Å². The molecule has 1 aromatic heterocycles. The van der Waals surface area contributed by atoms with E-state index in [9.17, 15) is 82.8 Å². The lowest BCUT2D eigenvalue weighted by molar-refractivity contribution is -0.142. The molecule has 11 atom stereocenters. The SMILES string of the molecule is CC[C@H](C(=O)N[C@H](C(=O)C[C@H](C(=O)N[C@@H](CC(=O)O)C(=O)C[C@@H](CO)C(=O)N[C@@H](Cc1c[nH]c2ccccc12)C(=O)C[C@@H](CCCN=C(N)N)C(=O)NC(CSC1CC(=O)N(CCNC(=O)c2ccc(C(=O)O)c(-c3c4ccc(=[N+](C)C)cc-4oc4cc(N(C)C)ccc34)c2)C1=O)C(N)=O)[C@@H](C)CC)[C@@H](C)O)C(C)C. The van der Waals surface area contributed by atoms with Gasteiger partial charge in [-0.15, -0.1) is 11.8 Å². The lowest BCUT2D eigenvalue weighted by Crippen LogP contribution is -2.52. The van der Waals surface area contributed by atoms with Crippen molar-refractivity contribution in [2.45, 2.75) is 141 Å². The Labute approximate surface area is 640 Å². The fourth-order valence-electron chi connectivity index (χ4n) is 13.4. The first-order chi connectivity index (χ1) is 52.1. The molecule has 0 bridgehead atoms. The van der Waals surface area contributed by atoms with E-state index >= 15 is 0 Å². The Morgan fingerprint density at radius 2 is 1.40 bits per heavy atom. The van der Waals surface area contributed by atoms with Gasteiger partial charge in [-0.2, -0.15) is 0 Å². The van der Waals surface area contributed by atoms with Crippen LogP contribution in [0.2, 0.25) is 0 Å². The molecule has 0 radical (unpaired) electrons. The van der Waals surface area contributed by atoms with Crippen molar-refractivity contribution in [2.24, 2.45) is 57.7 Å². The van der Waals surface area contributed by atoms with E-state index < -0.39 is 174 Å². The Morgan fingerprint density at radius 1 is 0.736 bits per heavy atom. The number of ketones is 3. The number of fused-ring (bicyclic) bond motifs is 3. The molecule has 2 aliphatic heterocycles. The van der Waals surface area contributed by atoms with Crippen molar-refractivity contribution in [3.8, 4) is 22.5 Å². The molecule has 592 valence electrons. The fourth-order valence-corrected chi connectivity index (χ4v) is 14.6. The number of rotatable bonds is 42. The van der Waals surface area contributed by atoms with Crippen LogP contribution in [0.1, 0.15) is 126 Å². The number of likely N-dealkylation sites (tertiary alicyclic amines) is 1. The zero-order valence-electron chi connectivity index (χ0n) is 63.6. The van der Waals surface area contributed by atoms with Crippen molar-refractivity contribution in [1.82, 2.24) is 41.0 Å². The Kier molecular flexibility index (Phi) is 31.0. The number of aliphatic carboxylic acids is 1. The Bertz CT molecular complexity index is 4500. The standard InChI is InChI=1S/C78H101N13O18S/c1-11-41(5)54(34-62(96)69(42(6)93)88-74(104)49(12-2)40(3)4)75(105)86-58(35-67(98)99)61(95)31-46(38-92)73(103)85-57(29-45-37-84-56-18-14-13-17-50(45)56)60(94)30-43(16-15-25-83-78(80)81)72(102)87-59(70(79)100)39-110-65-36-66(97)91(76(65)106)27-26-82-71(101)44-19-22-51(77(107)108)55(28-44)68-52-23-20-47(89(7)8)32-63(52)109-64-33-48(90(9)10)21-24-53(64)68/h13-14,17-24,28,32-33,37,40-43,46,49,54,57-59,65,69,84,92-93H,11-12,15-16,25-27,29-31,34-36,38-39H2,1-10H3,(H12-,79,80,81,82,83,85,86,87,88,98,99,100,101,102,103,104,105,107,108)/p+1/t41-,42+,43+,46-,49-,54-,57-,58-,59?,65?,69-/m0/s1. The van der Waals surface area contributed by atoms with Gasteiger partial charge in [-0.1, -0.05) is 59.2 Å². The molecule has 31 nitrogen and oxygen atoms in total. The summed E-state index contributed by atoms with van der Waals surface area (Å²) >= 11 is 0.852. The summed E-state index contributed by atoms with van der Waals surface area (Å²) in [4.78, 5) is 189. The summed E-state index contributed by atoms with van der Waals surface area (Å²) < 4.78 is 8.33. The number of imide groups is 1. The van der Waals surface area contributed by atoms with Gasteiger partial charge in [-0.05, 0) is 91.6 Å². The molecule has 4 aromatic rings. The maximum Gasteiger partial charge on any atom is 0.336 e. The third-order valence-corrected chi connectivity index (χ3v) is 21.3. The molecular weight excluding hydrogens is 1440 g/mol. The van der Waals surface area contributed by atoms with Crippen LogP contribution < -0.4 is 58.6 Å². The van der Waals surface area contributed by atoms with Crippen molar-refractivity contribution in [3.63, 3.8) is 0 Å². The smallest absolute Gasteiger partial charge is 0.336 e.